The van der Waals surface area contributed by atoms with Gasteiger partial charge in [-0.15, -0.1) is 0 Å². The molecule has 1 aromatic heterocycles. The number of aromatic nitrogens is 2. The third-order valence-electron chi connectivity index (χ3n) is 4.99. The van der Waals surface area contributed by atoms with E-state index in [1.54, 1.807) is 13.0 Å². The third-order valence-corrected chi connectivity index (χ3v) is 4.99. The average molecular weight is 365 g/mol. The van der Waals surface area contributed by atoms with Gasteiger partial charge in [0.05, 0.1) is 5.56 Å². The summed E-state index contributed by atoms with van der Waals surface area (Å²) in [7, 11) is 1.99. The van der Waals surface area contributed by atoms with E-state index >= 15 is 0 Å². The minimum Gasteiger partial charge on any atom is -0.383 e. The Balaban J connectivity index is 2.12. The molecule has 4 N–H and O–H groups in total. The third kappa shape index (κ3) is 3.60. The highest BCUT2D eigenvalue weighted by molar-refractivity contribution is 5.77. The van der Waals surface area contributed by atoms with E-state index in [1.165, 1.54) is 12.3 Å². The van der Waals surface area contributed by atoms with Crippen LogP contribution in [0.1, 0.15) is 35.4 Å². The van der Waals surface area contributed by atoms with Gasteiger partial charge >= 0.3 is 6.18 Å². The smallest absolute Gasteiger partial charge is 0.383 e. The zero-order valence-electron chi connectivity index (χ0n) is 14.8. The van der Waals surface area contributed by atoms with Crippen molar-refractivity contribution in [2.75, 3.05) is 31.6 Å². The molecule has 26 heavy (non-hydrogen) atoms. The minimum absolute atomic E-state index is 0.0112. The van der Waals surface area contributed by atoms with Crippen LogP contribution in [-0.4, -0.2) is 35.0 Å². The number of halogens is 3. The maximum Gasteiger partial charge on any atom is 0.416 e. The van der Waals surface area contributed by atoms with Gasteiger partial charge in [-0.05, 0) is 68.6 Å². The number of nitrogen functional groups attached to an aromatic ring is 2. The number of alkyl halides is 3. The van der Waals surface area contributed by atoms with Crippen LogP contribution >= 0.6 is 0 Å². The van der Waals surface area contributed by atoms with Gasteiger partial charge in [-0.1, -0.05) is 6.07 Å². The predicted molar refractivity (Wildman–Crippen MR) is 95.5 cm³/mol. The fourth-order valence-electron chi connectivity index (χ4n) is 3.54. The summed E-state index contributed by atoms with van der Waals surface area (Å²) in [4.78, 5) is 9.87. The number of aryl methyl sites for hydroxylation is 1. The Bertz CT molecular complexity index is 811. The van der Waals surface area contributed by atoms with Crippen LogP contribution in [0.25, 0.3) is 11.1 Å². The standard InChI is InChI=1S/C18H22F3N5/c1-10-7-13(11-3-5-26(2)6-4-11)15(18(19,20)21)8-12(10)14-9-24-17(23)25-16(14)22/h7-9,11H,3-6H2,1-2H3,(H4,22,23,24,25). The van der Waals surface area contributed by atoms with E-state index in [1.807, 2.05) is 7.05 Å². The Morgan fingerprint density at radius 3 is 2.35 bits per heavy atom. The molecule has 0 aliphatic carbocycles. The number of nitrogens with zero attached hydrogens (tertiary/aromatic N) is 3. The van der Waals surface area contributed by atoms with Crippen molar-refractivity contribution in [3.63, 3.8) is 0 Å². The molecule has 0 amide bonds. The lowest BCUT2D eigenvalue weighted by Crippen LogP contribution is -2.30. The van der Waals surface area contributed by atoms with Gasteiger partial charge in [0.2, 0.25) is 5.95 Å². The van der Waals surface area contributed by atoms with Crippen molar-refractivity contribution in [2.45, 2.75) is 31.9 Å². The molecule has 0 unspecified atom stereocenters. The maximum atomic E-state index is 13.8. The Labute approximate surface area is 150 Å². The molecule has 8 heteroatoms. The summed E-state index contributed by atoms with van der Waals surface area (Å²) >= 11 is 0. The molecule has 2 aromatic rings. The van der Waals surface area contributed by atoms with Crippen LogP contribution in [0.3, 0.4) is 0 Å². The zero-order valence-corrected chi connectivity index (χ0v) is 14.8. The van der Waals surface area contributed by atoms with Crippen LogP contribution in [0.15, 0.2) is 18.3 Å². The van der Waals surface area contributed by atoms with E-state index in [-0.39, 0.29) is 17.7 Å². The lowest BCUT2D eigenvalue weighted by atomic mass is 9.83. The molecule has 5 nitrogen and oxygen atoms in total. The molecule has 0 atom stereocenters. The van der Waals surface area contributed by atoms with Crippen molar-refractivity contribution in [2.24, 2.45) is 0 Å². The Morgan fingerprint density at radius 2 is 1.77 bits per heavy atom. The van der Waals surface area contributed by atoms with Crippen LogP contribution in [0.5, 0.6) is 0 Å². The van der Waals surface area contributed by atoms with Gasteiger partial charge in [0.15, 0.2) is 0 Å². The van der Waals surface area contributed by atoms with Crippen molar-refractivity contribution >= 4 is 11.8 Å². The molecule has 1 aromatic carbocycles. The number of anilines is 2. The fraction of sp³-hybridized carbons (Fsp3) is 0.444. The van der Waals surface area contributed by atoms with E-state index in [0.717, 1.165) is 13.1 Å². The number of hydrogen-bond acceptors (Lipinski definition) is 5. The highest BCUT2D eigenvalue weighted by atomic mass is 19.4. The molecule has 0 saturated carbocycles. The summed E-state index contributed by atoms with van der Waals surface area (Å²) in [6.45, 7) is 3.37. The van der Waals surface area contributed by atoms with Crippen LogP contribution in [-0.2, 0) is 6.18 Å². The molecule has 3 rings (SSSR count). The van der Waals surface area contributed by atoms with Crippen LogP contribution in [0.2, 0.25) is 0 Å². The number of rotatable bonds is 2. The zero-order chi connectivity index (χ0) is 19.1. The van der Waals surface area contributed by atoms with Gasteiger partial charge in [0.1, 0.15) is 5.82 Å². The Morgan fingerprint density at radius 1 is 1.12 bits per heavy atom. The normalized spacial score (nSPS) is 16.8. The van der Waals surface area contributed by atoms with Crippen molar-refractivity contribution in [1.82, 2.24) is 14.9 Å². The van der Waals surface area contributed by atoms with Gasteiger partial charge in [-0.25, -0.2) is 4.98 Å². The lowest BCUT2D eigenvalue weighted by Gasteiger charge is -2.31. The molecular weight excluding hydrogens is 343 g/mol. The number of hydrogen-bond donors (Lipinski definition) is 2. The maximum absolute atomic E-state index is 13.8. The molecule has 1 fully saturated rings. The topological polar surface area (TPSA) is 81.1 Å². The van der Waals surface area contributed by atoms with Gasteiger partial charge in [-0.3, -0.25) is 0 Å². The van der Waals surface area contributed by atoms with E-state index < -0.39 is 11.7 Å². The van der Waals surface area contributed by atoms with Gasteiger partial charge < -0.3 is 16.4 Å². The quantitative estimate of drug-likeness (QED) is 0.852. The van der Waals surface area contributed by atoms with Crippen molar-refractivity contribution in [1.29, 1.82) is 0 Å². The molecule has 0 spiro atoms. The second-order valence-corrected chi connectivity index (χ2v) is 6.86. The summed E-state index contributed by atoms with van der Waals surface area (Å²) in [5, 5.41) is 0. The molecular formula is C18H22F3N5. The summed E-state index contributed by atoms with van der Waals surface area (Å²) in [5.74, 6) is -0.0424. The summed E-state index contributed by atoms with van der Waals surface area (Å²) in [6.07, 6.45) is -1.64. The first-order chi connectivity index (χ1) is 12.2. The van der Waals surface area contributed by atoms with E-state index in [4.69, 9.17) is 11.5 Å². The second-order valence-electron chi connectivity index (χ2n) is 6.86. The SMILES string of the molecule is Cc1cc(C2CCN(C)CC2)c(C(F)(F)F)cc1-c1cnc(N)nc1N. The second kappa shape index (κ2) is 6.75. The number of piperidine rings is 1. The van der Waals surface area contributed by atoms with E-state index in [9.17, 15) is 13.2 Å². The highest BCUT2D eigenvalue weighted by Gasteiger charge is 2.36. The summed E-state index contributed by atoms with van der Waals surface area (Å²) < 4.78 is 41.3. The lowest BCUT2D eigenvalue weighted by molar-refractivity contribution is -0.138. The van der Waals surface area contributed by atoms with Crippen molar-refractivity contribution in [3.05, 3.63) is 35.0 Å². The van der Waals surface area contributed by atoms with Gasteiger partial charge in [0, 0.05) is 11.8 Å². The first-order valence-corrected chi connectivity index (χ1v) is 8.45. The van der Waals surface area contributed by atoms with Crippen LogP contribution in [0, 0.1) is 6.92 Å². The molecule has 0 bridgehead atoms. The molecule has 0 radical (unpaired) electrons. The summed E-state index contributed by atoms with van der Waals surface area (Å²) in [5.41, 5.74) is 12.6. The molecule has 2 heterocycles. The Hall–Kier alpha value is -2.35. The van der Waals surface area contributed by atoms with Gasteiger partial charge in [0.25, 0.3) is 0 Å². The summed E-state index contributed by atoms with van der Waals surface area (Å²) in [6, 6.07) is 2.82. The average Bonchev–Trinajstić information content (AvgIpc) is 2.55. The largest absolute Gasteiger partial charge is 0.416 e. The van der Waals surface area contributed by atoms with E-state index in [0.29, 0.717) is 35.1 Å². The fourth-order valence-corrected chi connectivity index (χ4v) is 3.54. The van der Waals surface area contributed by atoms with Crippen molar-refractivity contribution < 1.29 is 13.2 Å². The first kappa shape index (κ1) is 18.4. The molecule has 1 aliphatic heterocycles. The number of benzene rings is 1. The number of nitrogens with two attached hydrogens (primary N) is 2. The molecule has 1 aliphatic rings. The molecule has 1 saturated heterocycles. The van der Waals surface area contributed by atoms with Crippen molar-refractivity contribution in [3.8, 4) is 11.1 Å². The van der Waals surface area contributed by atoms with Crippen LogP contribution in [0.4, 0.5) is 24.9 Å². The van der Waals surface area contributed by atoms with Crippen LogP contribution < -0.4 is 11.5 Å². The van der Waals surface area contributed by atoms with E-state index in [2.05, 4.69) is 14.9 Å². The minimum atomic E-state index is -4.44. The Kier molecular flexibility index (Phi) is 4.79. The predicted octanol–water partition coefficient (Wildman–Crippen LogP) is 3.44. The van der Waals surface area contributed by atoms with Gasteiger partial charge in [-0.2, -0.15) is 18.2 Å². The first-order valence-electron chi connectivity index (χ1n) is 8.45. The highest BCUT2D eigenvalue weighted by Crippen LogP contribution is 2.42. The molecule has 140 valence electrons. The number of likely N-dealkylation sites (tertiary alicyclic amines) is 1. The monoisotopic (exact) mass is 365 g/mol.